The molecule has 1 aromatic rings. The molecular weight excluding hydrogens is 246 g/mol. The van der Waals surface area contributed by atoms with Crippen molar-refractivity contribution in [2.45, 2.75) is 19.8 Å². The summed E-state index contributed by atoms with van der Waals surface area (Å²) in [6.45, 7) is 2.91. The molecular formula is C14H19NO4. The number of carbonyl (C=O) groups is 1. The zero-order chi connectivity index (χ0) is 13.7. The summed E-state index contributed by atoms with van der Waals surface area (Å²) in [6, 6.07) is 5.08. The monoisotopic (exact) mass is 265 g/mol. The lowest BCUT2D eigenvalue weighted by molar-refractivity contribution is -0.0345. The summed E-state index contributed by atoms with van der Waals surface area (Å²) in [5, 5.41) is 0. The first-order chi connectivity index (χ1) is 9.22. The van der Waals surface area contributed by atoms with Gasteiger partial charge in [0, 0.05) is 5.69 Å². The fourth-order valence-corrected chi connectivity index (χ4v) is 1.71. The summed E-state index contributed by atoms with van der Waals surface area (Å²) >= 11 is 0. The molecule has 0 aliphatic heterocycles. The van der Waals surface area contributed by atoms with Gasteiger partial charge >= 0.3 is 5.97 Å². The normalized spacial score (nSPS) is 14.2. The number of hydrogen-bond acceptors (Lipinski definition) is 5. The van der Waals surface area contributed by atoms with E-state index < -0.39 is 5.97 Å². The molecule has 1 fully saturated rings. The van der Waals surface area contributed by atoms with Crippen LogP contribution in [0.1, 0.15) is 30.1 Å². The maximum atomic E-state index is 12.0. The van der Waals surface area contributed by atoms with Gasteiger partial charge in [0.1, 0.15) is 11.3 Å². The van der Waals surface area contributed by atoms with Gasteiger partial charge in [-0.3, -0.25) is 0 Å². The Bertz CT molecular complexity index is 443. The van der Waals surface area contributed by atoms with Gasteiger partial charge in [0.05, 0.1) is 13.2 Å². The van der Waals surface area contributed by atoms with Crippen LogP contribution in [0.25, 0.3) is 0 Å². The van der Waals surface area contributed by atoms with Crippen molar-refractivity contribution in [1.29, 1.82) is 0 Å². The van der Waals surface area contributed by atoms with Crippen molar-refractivity contribution >= 4 is 11.7 Å². The highest BCUT2D eigenvalue weighted by molar-refractivity contribution is 5.98. The number of nitrogens with two attached hydrogens (primary N) is 1. The standard InChI is InChI=1S/C14H19NO4/c1-2-18-12-5-3-4-11(15)13(12)14(16)19-9-17-8-10-6-7-10/h3-5,10H,2,6-9,15H2,1H3. The Morgan fingerprint density at radius 3 is 2.89 bits per heavy atom. The Balaban J connectivity index is 1.92. The molecule has 1 aliphatic rings. The van der Waals surface area contributed by atoms with Gasteiger partial charge in [-0.1, -0.05) is 6.07 Å². The number of esters is 1. The van der Waals surface area contributed by atoms with Gasteiger partial charge in [-0.25, -0.2) is 4.79 Å². The SMILES string of the molecule is CCOc1cccc(N)c1C(=O)OCOCC1CC1. The van der Waals surface area contributed by atoms with Crippen LogP contribution in [0.3, 0.4) is 0 Å². The largest absolute Gasteiger partial charge is 0.493 e. The molecule has 19 heavy (non-hydrogen) atoms. The number of benzene rings is 1. The zero-order valence-electron chi connectivity index (χ0n) is 11.1. The van der Waals surface area contributed by atoms with E-state index in [4.69, 9.17) is 19.9 Å². The Morgan fingerprint density at radius 1 is 1.42 bits per heavy atom. The summed E-state index contributed by atoms with van der Waals surface area (Å²) < 4.78 is 15.7. The summed E-state index contributed by atoms with van der Waals surface area (Å²) in [5.41, 5.74) is 6.40. The smallest absolute Gasteiger partial charge is 0.346 e. The second kappa shape index (κ2) is 6.43. The highest BCUT2D eigenvalue weighted by atomic mass is 16.7. The van der Waals surface area contributed by atoms with E-state index in [0.717, 1.165) is 0 Å². The van der Waals surface area contributed by atoms with Crippen LogP contribution in [-0.2, 0) is 9.47 Å². The highest BCUT2D eigenvalue weighted by Gasteiger charge is 2.22. The fraction of sp³-hybridized carbons (Fsp3) is 0.500. The predicted molar refractivity (Wildman–Crippen MR) is 71.0 cm³/mol. The lowest BCUT2D eigenvalue weighted by Gasteiger charge is -2.12. The molecule has 0 unspecified atom stereocenters. The quantitative estimate of drug-likeness (QED) is 0.354. The second-order valence-corrected chi connectivity index (χ2v) is 4.52. The molecule has 0 saturated heterocycles. The van der Waals surface area contributed by atoms with Crippen LogP contribution < -0.4 is 10.5 Å². The van der Waals surface area contributed by atoms with Crippen molar-refractivity contribution in [2.24, 2.45) is 5.92 Å². The first-order valence-electron chi connectivity index (χ1n) is 6.48. The Kier molecular flexibility index (Phi) is 4.63. The van der Waals surface area contributed by atoms with E-state index in [9.17, 15) is 4.79 Å². The molecule has 0 aromatic heterocycles. The second-order valence-electron chi connectivity index (χ2n) is 4.52. The van der Waals surface area contributed by atoms with Crippen LogP contribution in [0.4, 0.5) is 5.69 Å². The number of rotatable bonds is 7. The molecule has 0 spiro atoms. The number of ether oxygens (including phenoxy) is 3. The van der Waals surface area contributed by atoms with Gasteiger partial charge in [0.25, 0.3) is 0 Å². The summed E-state index contributed by atoms with van der Waals surface area (Å²) in [6.07, 6.45) is 2.40. The molecule has 0 amide bonds. The molecule has 5 heteroatoms. The van der Waals surface area contributed by atoms with Gasteiger partial charge in [-0.15, -0.1) is 0 Å². The zero-order valence-corrected chi connectivity index (χ0v) is 11.1. The summed E-state index contributed by atoms with van der Waals surface area (Å²) in [4.78, 5) is 12.0. The van der Waals surface area contributed by atoms with Gasteiger partial charge in [0.15, 0.2) is 6.79 Å². The molecule has 104 valence electrons. The maximum absolute atomic E-state index is 12.0. The first-order valence-corrected chi connectivity index (χ1v) is 6.48. The molecule has 0 heterocycles. The minimum Gasteiger partial charge on any atom is -0.493 e. The van der Waals surface area contributed by atoms with E-state index >= 15 is 0 Å². The van der Waals surface area contributed by atoms with Gasteiger partial charge in [-0.05, 0) is 37.8 Å². The lowest BCUT2D eigenvalue weighted by Crippen LogP contribution is -2.13. The molecule has 0 atom stereocenters. The van der Waals surface area contributed by atoms with Crippen molar-refractivity contribution in [2.75, 3.05) is 25.7 Å². The Hall–Kier alpha value is -1.75. The van der Waals surface area contributed by atoms with Crippen molar-refractivity contribution in [3.8, 4) is 5.75 Å². The van der Waals surface area contributed by atoms with Crippen LogP contribution in [-0.4, -0.2) is 26.0 Å². The molecule has 1 aliphatic carbocycles. The number of carbonyl (C=O) groups excluding carboxylic acids is 1. The molecule has 0 bridgehead atoms. The molecule has 1 saturated carbocycles. The fourth-order valence-electron chi connectivity index (χ4n) is 1.71. The third-order valence-corrected chi connectivity index (χ3v) is 2.89. The lowest BCUT2D eigenvalue weighted by atomic mass is 10.1. The topological polar surface area (TPSA) is 70.8 Å². The van der Waals surface area contributed by atoms with E-state index in [0.29, 0.717) is 30.6 Å². The third kappa shape index (κ3) is 3.86. The molecule has 0 radical (unpaired) electrons. The number of nitrogen functional groups attached to an aromatic ring is 1. The van der Waals surface area contributed by atoms with Gasteiger partial charge in [-0.2, -0.15) is 0 Å². The third-order valence-electron chi connectivity index (χ3n) is 2.89. The van der Waals surface area contributed by atoms with E-state index in [-0.39, 0.29) is 12.4 Å². The van der Waals surface area contributed by atoms with Crippen molar-refractivity contribution < 1.29 is 19.0 Å². The average molecular weight is 265 g/mol. The minimum atomic E-state index is -0.516. The van der Waals surface area contributed by atoms with Crippen molar-refractivity contribution in [3.63, 3.8) is 0 Å². The number of hydrogen-bond donors (Lipinski definition) is 1. The van der Waals surface area contributed by atoms with E-state index in [1.165, 1.54) is 12.8 Å². The summed E-state index contributed by atoms with van der Waals surface area (Å²) in [5.74, 6) is 0.562. The van der Waals surface area contributed by atoms with Gasteiger partial charge < -0.3 is 19.9 Å². The molecule has 2 rings (SSSR count). The summed E-state index contributed by atoms with van der Waals surface area (Å²) in [7, 11) is 0. The molecule has 2 N–H and O–H groups in total. The number of anilines is 1. The van der Waals surface area contributed by atoms with Crippen molar-refractivity contribution in [1.82, 2.24) is 0 Å². The minimum absolute atomic E-state index is 0.0464. The first kappa shape index (κ1) is 13.7. The maximum Gasteiger partial charge on any atom is 0.346 e. The van der Waals surface area contributed by atoms with Crippen molar-refractivity contribution in [3.05, 3.63) is 23.8 Å². The van der Waals surface area contributed by atoms with E-state index in [2.05, 4.69) is 0 Å². The van der Waals surface area contributed by atoms with Crippen LogP contribution in [0.5, 0.6) is 5.75 Å². The average Bonchev–Trinajstić information content (AvgIpc) is 3.19. The predicted octanol–water partition coefficient (Wildman–Crippen LogP) is 2.21. The van der Waals surface area contributed by atoms with Crippen LogP contribution >= 0.6 is 0 Å². The Labute approximate surface area is 112 Å². The van der Waals surface area contributed by atoms with Crippen LogP contribution in [0, 0.1) is 5.92 Å². The van der Waals surface area contributed by atoms with Crippen LogP contribution in [0.2, 0.25) is 0 Å². The van der Waals surface area contributed by atoms with Crippen LogP contribution in [0.15, 0.2) is 18.2 Å². The van der Waals surface area contributed by atoms with E-state index in [1.807, 2.05) is 6.92 Å². The Morgan fingerprint density at radius 2 is 2.21 bits per heavy atom. The van der Waals surface area contributed by atoms with Gasteiger partial charge in [0.2, 0.25) is 0 Å². The van der Waals surface area contributed by atoms with E-state index in [1.54, 1.807) is 18.2 Å². The molecule has 5 nitrogen and oxygen atoms in total. The molecule has 1 aromatic carbocycles. The highest BCUT2D eigenvalue weighted by Crippen LogP contribution is 2.29.